The molecule has 73 valence electrons. The molecule has 0 heterocycles. The number of hydrogen-bond donors (Lipinski definition) is 0. The summed E-state index contributed by atoms with van der Waals surface area (Å²) in [5.41, 5.74) is 2.60. The Balaban J connectivity index is 2.17. The fraction of sp³-hybridized carbons (Fsp3) is 0.417. The summed E-state index contributed by atoms with van der Waals surface area (Å²) in [6.07, 6.45) is 5.15. The first-order valence-corrected chi connectivity index (χ1v) is 4.96. The number of benzene rings is 1. The summed E-state index contributed by atoms with van der Waals surface area (Å²) >= 11 is 0. The Hall–Kier alpha value is -1.15. The molecule has 0 amide bonds. The second-order valence-corrected chi connectivity index (χ2v) is 3.54. The SMILES string of the molecule is O=[C]COC1CCCc2ccccc21. The Morgan fingerprint density at radius 3 is 3.14 bits per heavy atom. The van der Waals surface area contributed by atoms with Crippen molar-refractivity contribution in [3.8, 4) is 0 Å². The van der Waals surface area contributed by atoms with E-state index in [1.165, 1.54) is 11.1 Å². The lowest BCUT2D eigenvalue weighted by atomic mass is 9.89. The number of ether oxygens (including phenoxy) is 1. The molecule has 0 saturated heterocycles. The number of carbonyl (C=O) groups excluding carboxylic acids is 1. The highest BCUT2D eigenvalue weighted by Crippen LogP contribution is 2.31. The standard InChI is InChI=1S/C12H13O2/c13-8-9-14-12-7-3-5-10-4-1-2-6-11(10)12/h1-2,4,6,12H,3,5,7,9H2. The fourth-order valence-corrected chi connectivity index (χ4v) is 2.02. The predicted molar refractivity (Wildman–Crippen MR) is 53.8 cm³/mol. The molecule has 0 bridgehead atoms. The average molecular weight is 189 g/mol. The van der Waals surface area contributed by atoms with Gasteiger partial charge in [0.25, 0.3) is 0 Å². The van der Waals surface area contributed by atoms with Gasteiger partial charge >= 0.3 is 0 Å². The Labute approximate surface area is 83.9 Å². The third-order valence-corrected chi connectivity index (χ3v) is 2.66. The van der Waals surface area contributed by atoms with Gasteiger partial charge in [0.2, 0.25) is 6.29 Å². The Morgan fingerprint density at radius 1 is 1.43 bits per heavy atom. The molecule has 2 heteroatoms. The third-order valence-electron chi connectivity index (χ3n) is 2.66. The van der Waals surface area contributed by atoms with Crippen molar-refractivity contribution in [1.29, 1.82) is 0 Å². The number of rotatable bonds is 3. The van der Waals surface area contributed by atoms with Gasteiger partial charge in [-0.2, -0.15) is 0 Å². The van der Waals surface area contributed by atoms with E-state index in [1.807, 2.05) is 12.1 Å². The molecule has 14 heavy (non-hydrogen) atoms. The molecule has 1 unspecified atom stereocenters. The highest BCUT2D eigenvalue weighted by Gasteiger charge is 2.19. The summed E-state index contributed by atoms with van der Waals surface area (Å²) in [7, 11) is 0. The largest absolute Gasteiger partial charge is 0.365 e. The minimum Gasteiger partial charge on any atom is -0.365 e. The molecule has 0 saturated carbocycles. The van der Waals surface area contributed by atoms with Crippen LogP contribution < -0.4 is 0 Å². The van der Waals surface area contributed by atoms with Crippen LogP contribution in [0.2, 0.25) is 0 Å². The summed E-state index contributed by atoms with van der Waals surface area (Å²) in [5, 5.41) is 0. The fourth-order valence-electron chi connectivity index (χ4n) is 2.02. The van der Waals surface area contributed by atoms with Crippen LogP contribution >= 0.6 is 0 Å². The van der Waals surface area contributed by atoms with Gasteiger partial charge in [0.15, 0.2) is 0 Å². The lowest BCUT2D eigenvalue weighted by Gasteiger charge is -2.24. The van der Waals surface area contributed by atoms with E-state index in [2.05, 4.69) is 12.1 Å². The summed E-state index contributed by atoms with van der Waals surface area (Å²) in [6.45, 7) is 0.0823. The topological polar surface area (TPSA) is 26.3 Å². The molecule has 2 nitrogen and oxygen atoms in total. The van der Waals surface area contributed by atoms with Crippen molar-refractivity contribution >= 4 is 6.29 Å². The number of aryl methyl sites for hydroxylation is 1. The van der Waals surface area contributed by atoms with Gasteiger partial charge in [0.1, 0.15) is 6.61 Å². The van der Waals surface area contributed by atoms with Gasteiger partial charge in [-0.05, 0) is 30.4 Å². The molecule has 1 aliphatic carbocycles. The van der Waals surface area contributed by atoms with E-state index in [1.54, 1.807) is 6.29 Å². The molecule has 0 fully saturated rings. The molecule has 0 spiro atoms. The van der Waals surface area contributed by atoms with Gasteiger partial charge in [-0.1, -0.05) is 24.3 Å². The van der Waals surface area contributed by atoms with Crippen molar-refractivity contribution < 1.29 is 9.53 Å². The van der Waals surface area contributed by atoms with Crippen LogP contribution in [0.5, 0.6) is 0 Å². The first-order valence-electron chi connectivity index (χ1n) is 4.96. The maximum atomic E-state index is 10.1. The molecular weight excluding hydrogens is 176 g/mol. The number of hydrogen-bond acceptors (Lipinski definition) is 2. The molecule has 0 aliphatic heterocycles. The highest BCUT2D eigenvalue weighted by molar-refractivity contribution is 5.51. The summed E-state index contributed by atoms with van der Waals surface area (Å²) < 4.78 is 5.43. The van der Waals surface area contributed by atoms with Gasteiger partial charge in [-0.15, -0.1) is 0 Å². The van der Waals surface area contributed by atoms with Crippen molar-refractivity contribution in [2.75, 3.05) is 6.61 Å². The van der Waals surface area contributed by atoms with E-state index in [0.29, 0.717) is 0 Å². The van der Waals surface area contributed by atoms with Gasteiger partial charge in [-0.25, -0.2) is 0 Å². The quantitative estimate of drug-likeness (QED) is 0.728. The summed E-state index contributed by atoms with van der Waals surface area (Å²) in [4.78, 5) is 10.1. The Morgan fingerprint density at radius 2 is 2.29 bits per heavy atom. The van der Waals surface area contributed by atoms with Gasteiger partial charge in [-0.3, -0.25) is 4.79 Å². The average Bonchev–Trinajstić information content (AvgIpc) is 2.26. The van der Waals surface area contributed by atoms with Gasteiger partial charge in [0, 0.05) is 0 Å². The molecule has 0 N–H and O–H groups in total. The highest BCUT2D eigenvalue weighted by atomic mass is 16.5. The minimum absolute atomic E-state index is 0.0823. The zero-order valence-electron chi connectivity index (χ0n) is 8.03. The Kier molecular flexibility index (Phi) is 2.94. The maximum Gasteiger partial charge on any atom is 0.226 e. The molecule has 1 aliphatic rings. The summed E-state index contributed by atoms with van der Waals surface area (Å²) in [6, 6.07) is 8.29. The van der Waals surface area contributed by atoms with E-state index in [4.69, 9.17) is 4.74 Å². The lowest BCUT2D eigenvalue weighted by molar-refractivity contribution is 0.0669. The zero-order chi connectivity index (χ0) is 9.80. The molecular formula is C12H13O2. The minimum atomic E-state index is 0.0823. The van der Waals surface area contributed by atoms with Crippen molar-refractivity contribution in [2.24, 2.45) is 0 Å². The van der Waals surface area contributed by atoms with E-state index < -0.39 is 0 Å². The molecule has 2 rings (SSSR count). The molecule has 1 aromatic carbocycles. The molecule has 1 aromatic rings. The normalized spacial score (nSPS) is 20.1. The molecule has 1 radical (unpaired) electrons. The van der Waals surface area contributed by atoms with Crippen LogP contribution in [0.4, 0.5) is 0 Å². The first kappa shape index (κ1) is 9.41. The number of fused-ring (bicyclic) bond motifs is 1. The van der Waals surface area contributed by atoms with Gasteiger partial charge in [0.05, 0.1) is 6.10 Å². The van der Waals surface area contributed by atoms with Crippen molar-refractivity contribution in [2.45, 2.75) is 25.4 Å². The lowest BCUT2D eigenvalue weighted by Crippen LogP contribution is -2.13. The zero-order valence-corrected chi connectivity index (χ0v) is 8.03. The monoisotopic (exact) mass is 189 g/mol. The van der Waals surface area contributed by atoms with E-state index in [9.17, 15) is 4.79 Å². The van der Waals surface area contributed by atoms with Crippen molar-refractivity contribution in [1.82, 2.24) is 0 Å². The third kappa shape index (κ3) is 1.85. The van der Waals surface area contributed by atoms with Crippen LogP contribution in [0.15, 0.2) is 24.3 Å². The van der Waals surface area contributed by atoms with Crippen LogP contribution in [-0.2, 0) is 16.0 Å². The molecule has 1 atom stereocenters. The second kappa shape index (κ2) is 4.38. The van der Waals surface area contributed by atoms with Crippen LogP contribution in [-0.4, -0.2) is 12.9 Å². The predicted octanol–water partition coefficient (Wildman–Crippen LogP) is 2.19. The second-order valence-electron chi connectivity index (χ2n) is 3.54. The summed E-state index contributed by atoms with van der Waals surface area (Å²) in [5.74, 6) is 0. The van der Waals surface area contributed by atoms with Crippen molar-refractivity contribution in [3.63, 3.8) is 0 Å². The van der Waals surface area contributed by atoms with Crippen molar-refractivity contribution in [3.05, 3.63) is 35.4 Å². The van der Waals surface area contributed by atoms with Gasteiger partial charge < -0.3 is 4.74 Å². The Bertz CT molecular complexity index is 320. The van der Waals surface area contributed by atoms with Crippen LogP contribution in [0, 0.1) is 0 Å². The van der Waals surface area contributed by atoms with Crippen LogP contribution in [0.1, 0.15) is 30.1 Å². The maximum absolute atomic E-state index is 10.1. The van der Waals surface area contributed by atoms with E-state index in [-0.39, 0.29) is 12.7 Å². The van der Waals surface area contributed by atoms with Crippen LogP contribution in [0.25, 0.3) is 0 Å². The molecule has 0 aromatic heterocycles. The first-order chi connectivity index (χ1) is 6.92. The van der Waals surface area contributed by atoms with E-state index in [0.717, 1.165) is 19.3 Å². The van der Waals surface area contributed by atoms with Crippen LogP contribution in [0.3, 0.4) is 0 Å². The van der Waals surface area contributed by atoms with E-state index >= 15 is 0 Å². The smallest absolute Gasteiger partial charge is 0.226 e.